The first-order chi connectivity index (χ1) is 12.8. The minimum Gasteiger partial charge on any atom is -0.426 e. The van der Waals surface area contributed by atoms with Gasteiger partial charge in [0.05, 0.1) is 6.10 Å². The Kier molecular flexibility index (Phi) is 5.80. The Morgan fingerprint density at radius 1 is 1.33 bits per heavy atom. The van der Waals surface area contributed by atoms with Crippen molar-refractivity contribution >= 4 is 34.4 Å². The van der Waals surface area contributed by atoms with Crippen LogP contribution in [0.4, 0.5) is 9.93 Å². The summed E-state index contributed by atoms with van der Waals surface area (Å²) in [6.07, 6.45) is -1.29. The molecule has 0 spiro atoms. The number of nitrogens with one attached hydrogen (secondary N) is 1. The van der Waals surface area contributed by atoms with Crippen LogP contribution in [0.3, 0.4) is 0 Å². The molecule has 3 heterocycles. The van der Waals surface area contributed by atoms with Gasteiger partial charge >= 0.3 is 12.1 Å². The molecule has 11 heteroatoms. The van der Waals surface area contributed by atoms with Crippen LogP contribution in [0, 0.1) is 0 Å². The summed E-state index contributed by atoms with van der Waals surface area (Å²) >= 11 is 1.36. The smallest absolute Gasteiger partial charge is 0.412 e. The van der Waals surface area contributed by atoms with Crippen LogP contribution in [0.5, 0.6) is 0 Å². The average Bonchev–Trinajstić information content (AvgIpc) is 3.20. The molecule has 10 nitrogen and oxygen atoms in total. The molecule has 1 aromatic heterocycles. The SMILES string of the molecule is CC(=O)OC(C)OC(=O)N1CC[C@H](NC(=O)c2csc(N3CC(O)C3)n2)C1. The van der Waals surface area contributed by atoms with E-state index in [1.165, 1.54) is 30.1 Å². The number of likely N-dealkylation sites (tertiary alicyclic amines) is 1. The number of nitrogens with zero attached hydrogens (tertiary/aromatic N) is 3. The van der Waals surface area contributed by atoms with Gasteiger partial charge in [0.1, 0.15) is 5.69 Å². The van der Waals surface area contributed by atoms with E-state index in [1.807, 2.05) is 4.90 Å². The molecule has 1 unspecified atom stereocenters. The molecule has 2 aliphatic rings. The molecule has 2 atom stereocenters. The average molecular weight is 398 g/mol. The van der Waals surface area contributed by atoms with Crippen molar-refractivity contribution in [2.45, 2.75) is 38.7 Å². The highest BCUT2D eigenvalue weighted by Gasteiger charge is 2.31. The van der Waals surface area contributed by atoms with E-state index in [1.54, 1.807) is 5.38 Å². The van der Waals surface area contributed by atoms with Crippen molar-refractivity contribution < 1.29 is 29.0 Å². The van der Waals surface area contributed by atoms with Crippen molar-refractivity contribution in [3.8, 4) is 0 Å². The van der Waals surface area contributed by atoms with E-state index in [-0.39, 0.29) is 18.1 Å². The molecule has 0 radical (unpaired) electrons. The van der Waals surface area contributed by atoms with Gasteiger partial charge < -0.3 is 29.7 Å². The van der Waals surface area contributed by atoms with E-state index in [0.717, 1.165) is 0 Å². The summed E-state index contributed by atoms with van der Waals surface area (Å²) < 4.78 is 9.80. The van der Waals surface area contributed by atoms with Crippen LogP contribution in [0.1, 0.15) is 30.8 Å². The van der Waals surface area contributed by atoms with Crippen LogP contribution in [0.25, 0.3) is 0 Å². The van der Waals surface area contributed by atoms with Gasteiger partial charge in [0.15, 0.2) is 5.13 Å². The minimum atomic E-state index is -0.961. The highest BCUT2D eigenvalue weighted by Crippen LogP contribution is 2.25. The number of rotatable bonds is 5. The molecule has 3 rings (SSSR count). The second-order valence-electron chi connectivity index (χ2n) is 6.54. The molecule has 2 aliphatic heterocycles. The molecule has 2 N–H and O–H groups in total. The van der Waals surface area contributed by atoms with E-state index in [9.17, 15) is 19.5 Å². The number of β-amino-alcohol motifs (C(OH)–C–C–N with tert-alkyl or cyclic N) is 1. The summed E-state index contributed by atoms with van der Waals surface area (Å²) in [6, 6.07) is -0.204. The Morgan fingerprint density at radius 3 is 2.74 bits per heavy atom. The largest absolute Gasteiger partial charge is 0.426 e. The standard InChI is InChI=1S/C16H22N4O6S/c1-9(21)25-10(2)26-16(24)19-4-3-11(5-19)17-14(23)13-8-27-15(18-13)20-6-12(22)7-20/h8,10-12,22H,3-7H2,1-2H3,(H,17,23)/t10?,11-/m0/s1. The number of carbonyl (C=O) groups is 3. The number of aliphatic hydroxyl groups excluding tert-OH is 1. The third-order valence-electron chi connectivity index (χ3n) is 4.24. The molecule has 2 saturated heterocycles. The number of hydrogen-bond donors (Lipinski definition) is 2. The molecule has 2 fully saturated rings. The zero-order valence-electron chi connectivity index (χ0n) is 15.1. The number of anilines is 1. The van der Waals surface area contributed by atoms with Gasteiger partial charge in [-0.3, -0.25) is 9.59 Å². The number of aromatic nitrogens is 1. The van der Waals surface area contributed by atoms with Crippen LogP contribution in [-0.2, 0) is 14.3 Å². The Balaban J connectivity index is 1.46. The Labute approximate surface area is 160 Å². The molecule has 0 saturated carbocycles. The molecule has 1 aromatic rings. The van der Waals surface area contributed by atoms with Crippen LogP contribution in [0.15, 0.2) is 5.38 Å². The lowest BCUT2D eigenvalue weighted by Gasteiger charge is -2.35. The number of aliphatic hydroxyl groups is 1. The molecule has 0 bridgehead atoms. The van der Waals surface area contributed by atoms with Crippen LogP contribution >= 0.6 is 11.3 Å². The van der Waals surface area contributed by atoms with Crippen molar-refractivity contribution in [3.63, 3.8) is 0 Å². The monoisotopic (exact) mass is 398 g/mol. The van der Waals surface area contributed by atoms with Gasteiger partial charge in [-0.2, -0.15) is 0 Å². The summed E-state index contributed by atoms with van der Waals surface area (Å²) in [5.41, 5.74) is 0.320. The molecule has 0 aromatic carbocycles. The molecule has 27 heavy (non-hydrogen) atoms. The van der Waals surface area contributed by atoms with E-state index in [4.69, 9.17) is 9.47 Å². The van der Waals surface area contributed by atoms with Gasteiger partial charge in [-0.25, -0.2) is 9.78 Å². The Morgan fingerprint density at radius 2 is 2.07 bits per heavy atom. The minimum absolute atomic E-state index is 0.204. The first-order valence-electron chi connectivity index (χ1n) is 8.64. The van der Waals surface area contributed by atoms with Crippen molar-refractivity contribution in [2.24, 2.45) is 0 Å². The Bertz CT molecular complexity index is 720. The van der Waals surface area contributed by atoms with Crippen molar-refractivity contribution in [1.29, 1.82) is 0 Å². The van der Waals surface area contributed by atoms with Crippen molar-refractivity contribution in [1.82, 2.24) is 15.2 Å². The number of amides is 2. The number of esters is 1. The predicted molar refractivity (Wildman–Crippen MR) is 95.5 cm³/mol. The summed E-state index contributed by atoms with van der Waals surface area (Å²) in [6.45, 7) is 4.50. The predicted octanol–water partition coefficient (Wildman–Crippen LogP) is 0.174. The first-order valence-corrected chi connectivity index (χ1v) is 9.52. The van der Waals surface area contributed by atoms with Gasteiger partial charge in [-0.05, 0) is 6.42 Å². The number of ether oxygens (including phenoxy) is 2. The van der Waals surface area contributed by atoms with Crippen molar-refractivity contribution in [3.05, 3.63) is 11.1 Å². The molecular weight excluding hydrogens is 376 g/mol. The van der Waals surface area contributed by atoms with E-state index >= 15 is 0 Å². The summed E-state index contributed by atoms with van der Waals surface area (Å²) in [5.74, 6) is -0.829. The van der Waals surface area contributed by atoms with Crippen LogP contribution in [-0.4, -0.2) is 77.6 Å². The lowest BCUT2D eigenvalue weighted by Crippen LogP contribution is -2.50. The number of thiazole rings is 1. The van der Waals surface area contributed by atoms with E-state index in [0.29, 0.717) is 43.4 Å². The van der Waals surface area contributed by atoms with Gasteiger partial charge in [0, 0.05) is 51.4 Å². The maximum Gasteiger partial charge on any atom is 0.412 e. The molecule has 148 valence electrons. The van der Waals surface area contributed by atoms with E-state index in [2.05, 4.69) is 10.3 Å². The quantitative estimate of drug-likeness (QED) is 0.532. The van der Waals surface area contributed by atoms with Gasteiger partial charge in [0.25, 0.3) is 5.91 Å². The lowest BCUT2D eigenvalue weighted by atomic mass is 10.2. The summed E-state index contributed by atoms with van der Waals surface area (Å²) in [7, 11) is 0. The zero-order chi connectivity index (χ0) is 19.6. The van der Waals surface area contributed by atoms with Gasteiger partial charge in [-0.1, -0.05) is 0 Å². The second-order valence-corrected chi connectivity index (χ2v) is 7.38. The zero-order valence-corrected chi connectivity index (χ0v) is 15.9. The van der Waals surface area contributed by atoms with Gasteiger partial charge in [-0.15, -0.1) is 11.3 Å². The third kappa shape index (κ3) is 4.86. The number of carbonyl (C=O) groups excluding carboxylic acids is 3. The van der Waals surface area contributed by atoms with Crippen molar-refractivity contribution in [2.75, 3.05) is 31.1 Å². The highest BCUT2D eigenvalue weighted by atomic mass is 32.1. The van der Waals surface area contributed by atoms with E-state index < -0.39 is 18.4 Å². The third-order valence-corrected chi connectivity index (χ3v) is 5.14. The maximum absolute atomic E-state index is 12.4. The summed E-state index contributed by atoms with van der Waals surface area (Å²) in [5, 5.41) is 14.6. The highest BCUT2D eigenvalue weighted by molar-refractivity contribution is 7.14. The fraction of sp³-hybridized carbons (Fsp3) is 0.625. The summed E-state index contributed by atoms with van der Waals surface area (Å²) in [4.78, 5) is 42.9. The van der Waals surface area contributed by atoms with Crippen LogP contribution in [0.2, 0.25) is 0 Å². The maximum atomic E-state index is 12.4. The second kappa shape index (κ2) is 8.09. The first kappa shape index (κ1) is 19.4. The van der Waals surface area contributed by atoms with Gasteiger partial charge in [0.2, 0.25) is 6.29 Å². The molecular formula is C16H22N4O6S. The number of hydrogen-bond acceptors (Lipinski definition) is 9. The molecule has 2 amide bonds. The topological polar surface area (TPSA) is 121 Å². The fourth-order valence-corrected chi connectivity index (χ4v) is 3.73. The normalized spacial score (nSPS) is 20.8. The fourth-order valence-electron chi connectivity index (χ4n) is 2.90. The Hall–Kier alpha value is -2.40. The van der Waals surface area contributed by atoms with Crippen LogP contribution < -0.4 is 10.2 Å². The molecule has 0 aliphatic carbocycles. The lowest BCUT2D eigenvalue weighted by molar-refractivity contribution is -0.163.